The van der Waals surface area contributed by atoms with Crippen LogP contribution in [0.2, 0.25) is 5.02 Å². The average Bonchev–Trinajstić information content (AvgIpc) is 3.14. The molecule has 0 aromatic heterocycles. The van der Waals surface area contributed by atoms with Gasteiger partial charge < -0.3 is 14.8 Å². The van der Waals surface area contributed by atoms with Gasteiger partial charge in [0.1, 0.15) is 6.61 Å². The van der Waals surface area contributed by atoms with E-state index in [0.29, 0.717) is 33.2 Å². The van der Waals surface area contributed by atoms with E-state index in [1.54, 1.807) is 19.3 Å². The molecule has 3 aromatic carbocycles. The van der Waals surface area contributed by atoms with E-state index < -0.39 is 0 Å². The van der Waals surface area contributed by atoms with Crippen molar-refractivity contribution < 1.29 is 14.3 Å². The summed E-state index contributed by atoms with van der Waals surface area (Å²) in [7, 11) is 1.59. The van der Waals surface area contributed by atoms with Gasteiger partial charge in [0.05, 0.1) is 17.7 Å². The summed E-state index contributed by atoms with van der Waals surface area (Å²) in [6, 6.07) is 16.9. The summed E-state index contributed by atoms with van der Waals surface area (Å²) in [6.45, 7) is 2.32. The summed E-state index contributed by atoms with van der Waals surface area (Å²) in [4.78, 5) is 17.6. The molecule has 1 fully saturated rings. The number of aryl methyl sites for hydroxylation is 1. The minimum atomic E-state index is -0.206. The molecule has 174 valence electrons. The number of nitrogens with zero attached hydrogens (tertiary/aromatic N) is 1. The van der Waals surface area contributed by atoms with Crippen molar-refractivity contribution in [3.8, 4) is 11.5 Å². The SMILES string of the molecule is COc1cc(/C=C2\SC(=Nc3cc(Cl)ccc3C)NC2=O)ccc1OCc1ccc(Br)cc1Br. The highest BCUT2D eigenvalue weighted by Gasteiger charge is 2.24. The second-order valence-electron chi connectivity index (χ2n) is 7.35. The second-order valence-corrected chi connectivity index (χ2v) is 10.6. The number of methoxy groups -OCH3 is 1. The molecule has 1 saturated heterocycles. The Balaban J connectivity index is 1.51. The lowest BCUT2D eigenvalue weighted by molar-refractivity contribution is -0.115. The Morgan fingerprint density at radius 3 is 2.68 bits per heavy atom. The fraction of sp³-hybridized carbons (Fsp3) is 0.120. The maximum atomic E-state index is 12.5. The molecule has 34 heavy (non-hydrogen) atoms. The third kappa shape index (κ3) is 6.05. The van der Waals surface area contributed by atoms with Gasteiger partial charge in [0.25, 0.3) is 5.91 Å². The molecule has 0 radical (unpaired) electrons. The number of amidine groups is 1. The normalized spacial score (nSPS) is 15.6. The van der Waals surface area contributed by atoms with Crippen molar-refractivity contribution in [2.24, 2.45) is 4.99 Å². The zero-order chi connectivity index (χ0) is 24.2. The first kappa shape index (κ1) is 24.9. The number of amides is 1. The Kier molecular flexibility index (Phi) is 8.03. The summed E-state index contributed by atoms with van der Waals surface area (Å²) in [6.07, 6.45) is 1.80. The quantitative estimate of drug-likeness (QED) is 0.287. The Labute approximate surface area is 223 Å². The summed E-state index contributed by atoms with van der Waals surface area (Å²) < 4.78 is 13.4. The van der Waals surface area contributed by atoms with Crippen molar-refractivity contribution in [2.45, 2.75) is 13.5 Å². The highest BCUT2D eigenvalue weighted by atomic mass is 79.9. The smallest absolute Gasteiger partial charge is 0.264 e. The molecule has 1 heterocycles. The molecule has 1 amide bonds. The van der Waals surface area contributed by atoms with Crippen LogP contribution in [-0.2, 0) is 11.4 Å². The standard InChI is InChI=1S/C25H19Br2ClN2O3S/c1-14-3-7-18(28)12-20(14)29-25-30-24(31)23(34-25)10-15-4-8-21(22(9-15)32-2)33-13-16-5-6-17(26)11-19(16)27/h3-12H,13H2,1-2H3,(H,29,30,31)/b23-10-. The molecule has 0 bridgehead atoms. The molecule has 0 saturated carbocycles. The fourth-order valence-corrected chi connectivity index (χ4v) is 5.29. The molecule has 0 atom stereocenters. The predicted molar refractivity (Wildman–Crippen MR) is 146 cm³/mol. The first-order valence-electron chi connectivity index (χ1n) is 10.1. The summed E-state index contributed by atoms with van der Waals surface area (Å²) in [5.41, 5.74) is 3.51. The molecule has 0 unspecified atom stereocenters. The highest BCUT2D eigenvalue weighted by Crippen LogP contribution is 2.34. The van der Waals surface area contributed by atoms with Crippen LogP contribution in [0.1, 0.15) is 16.7 Å². The van der Waals surface area contributed by atoms with Crippen LogP contribution in [0.5, 0.6) is 11.5 Å². The molecular formula is C25H19Br2ClN2O3S. The number of hydrogen-bond donors (Lipinski definition) is 1. The minimum Gasteiger partial charge on any atom is -0.493 e. The monoisotopic (exact) mass is 620 g/mol. The zero-order valence-electron chi connectivity index (χ0n) is 18.2. The molecule has 0 aliphatic carbocycles. The van der Waals surface area contributed by atoms with E-state index in [1.807, 2.05) is 55.5 Å². The number of hydrogen-bond acceptors (Lipinski definition) is 5. The number of thioether (sulfide) groups is 1. The van der Waals surface area contributed by atoms with Crippen molar-refractivity contribution in [1.29, 1.82) is 0 Å². The van der Waals surface area contributed by atoms with Gasteiger partial charge in [0, 0.05) is 19.5 Å². The van der Waals surface area contributed by atoms with Crippen LogP contribution in [0.15, 0.2) is 73.4 Å². The van der Waals surface area contributed by atoms with Crippen LogP contribution in [0.3, 0.4) is 0 Å². The number of aliphatic imine (C=N–C) groups is 1. The molecule has 5 nitrogen and oxygen atoms in total. The lowest BCUT2D eigenvalue weighted by Crippen LogP contribution is -2.19. The molecule has 1 aliphatic heterocycles. The molecule has 0 spiro atoms. The Hall–Kier alpha value is -2.26. The van der Waals surface area contributed by atoms with Crippen molar-refractivity contribution >= 4 is 78.1 Å². The van der Waals surface area contributed by atoms with Crippen LogP contribution in [-0.4, -0.2) is 18.2 Å². The summed E-state index contributed by atoms with van der Waals surface area (Å²) in [5, 5.41) is 3.91. The Morgan fingerprint density at radius 1 is 1.09 bits per heavy atom. The average molecular weight is 623 g/mol. The van der Waals surface area contributed by atoms with Crippen molar-refractivity contribution in [2.75, 3.05) is 7.11 Å². The second kappa shape index (κ2) is 11.0. The van der Waals surface area contributed by atoms with E-state index in [9.17, 15) is 4.79 Å². The lowest BCUT2D eigenvalue weighted by Gasteiger charge is -2.12. The highest BCUT2D eigenvalue weighted by molar-refractivity contribution is 9.11. The summed E-state index contributed by atoms with van der Waals surface area (Å²) in [5.74, 6) is 0.985. The maximum Gasteiger partial charge on any atom is 0.264 e. The topological polar surface area (TPSA) is 59.9 Å². The number of ether oxygens (including phenoxy) is 2. The van der Waals surface area contributed by atoms with Gasteiger partial charge in [-0.3, -0.25) is 4.79 Å². The predicted octanol–water partition coefficient (Wildman–Crippen LogP) is 7.65. The van der Waals surface area contributed by atoms with Crippen LogP contribution >= 0.6 is 55.2 Å². The fourth-order valence-electron chi connectivity index (χ4n) is 3.13. The van der Waals surface area contributed by atoms with E-state index in [4.69, 9.17) is 21.1 Å². The van der Waals surface area contributed by atoms with Gasteiger partial charge in [-0.25, -0.2) is 4.99 Å². The first-order chi connectivity index (χ1) is 16.3. The maximum absolute atomic E-state index is 12.5. The number of nitrogens with one attached hydrogen (secondary N) is 1. The largest absolute Gasteiger partial charge is 0.493 e. The number of carbonyl (C=O) groups excluding carboxylic acids is 1. The molecule has 1 N–H and O–H groups in total. The van der Waals surface area contributed by atoms with Crippen molar-refractivity contribution in [3.05, 3.63) is 90.2 Å². The molecule has 1 aliphatic rings. The van der Waals surface area contributed by atoms with Gasteiger partial charge in [-0.1, -0.05) is 61.7 Å². The van der Waals surface area contributed by atoms with E-state index in [0.717, 1.165) is 31.3 Å². The van der Waals surface area contributed by atoms with Gasteiger partial charge in [-0.2, -0.15) is 0 Å². The van der Waals surface area contributed by atoms with Crippen LogP contribution in [0.25, 0.3) is 6.08 Å². The van der Waals surface area contributed by atoms with Gasteiger partial charge >= 0.3 is 0 Å². The third-order valence-electron chi connectivity index (χ3n) is 4.93. The number of carbonyl (C=O) groups is 1. The summed E-state index contributed by atoms with van der Waals surface area (Å²) >= 11 is 14.4. The van der Waals surface area contributed by atoms with E-state index in [1.165, 1.54) is 11.8 Å². The van der Waals surface area contributed by atoms with E-state index >= 15 is 0 Å². The minimum absolute atomic E-state index is 0.206. The Bertz CT molecular complexity index is 1330. The van der Waals surface area contributed by atoms with Crippen LogP contribution in [0, 0.1) is 6.92 Å². The molecule has 3 aromatic rings. The number of benzene rings is 3. The molecule has 4 rings (SSSR count). The van der Waals surface area contributed by atoms with Crippen LogP contribution in [0.4, 0.5) is 5.69 Å². The number of rotatable bonds is 6. The molecular weight excluding hydrogens is 604 g/mol. The van der Waals surface area contributed by atoms with Gasteiger partial charge in [-0.05, 0) is 72.3 Å². The third-order valence-corrected chi connectivity index (χ3v) is 7.30. The molecule has 9 heteroatoms. The van der Waals surface area contributed by atoms with Gasteiger partial charge in [0.15, 0.2) is 16.7 Å². The van der Waals surface area contributed by atoms with Crippen LogP contribution < -0.4 is 14.8 Å². The van der Waals surface area contributed by atoms with Gasteiger partial charge in [-0.15, -0.1) is 0 Å². The first-order valence-corrected chi connectivity index (χ1v) is 12.9. The zero-order valence-corrected chi connectivity index (χ0v) is 22.9. The number of halogens is 3. The lowest BCUT2D eigenvalue weighted by atomic mass is 10.2. The Morgan fingerprint density at radius 2 is 1.91 bits per heavy atom. The van der Waals surface area contributed by atoms with Crippen molar-refractivity contribution in [3.63, 3.8) is 0 Å². The van der Waals surface area contributed by atoms with Crippen molar-refractivity contribution in [1.82, 2.24) is 5.32 Å². The van der Waals surface area contributed by atoms with E-state index in [2.05, 4.69) is 42.2 Å². The van der Waals surface area contributed by atoms with E-state index in [-0.39, 0.29) is 5.91 Å². The van der Waals surface area contributed by atoms with Gasteiger partial charge in [0.2, 0.25) is 0 Å².